The summed E-state index contributed by atoms with van der Waals surface area (Å²) >= 11 is 13.4. The van der Waals surface area contributed by atoms with E-state index in [1.54, 1.807) is 18.2 Å². The minimum absolute atomic E-state index is 0.228. The second kappa shape index (κ2) is 10.3. The number of fused-ring (bicyclic) bond motifs is 3. The van der Waals surface area contributed by atoms with Crippen molar-refractivity contribution in [1.29, 1.82) is 0 Å². The van der Waals surface area contributed by atoms with E-state index in [0.29, 0.717) is 17.5 Å². The van der Waals surface area contributed by atoms with E-state index in [1.165, 1.54) is 0 Å². The van der Waals surface area contributed by atoms with Crippen molar-refractivity contribution >= 4 is 23.2 Å². The average Bonchev–Trinajstić information content (AvgIpc) is 2.99. The molecule has 2 atom stereocenters. The van der Waals surface area contributed by atoms with Gasteiger partial charge in [-0.15, -0.1) is 29.8 Å². The maximum Gasteiger partial charge on any atom is 0.162 e. The molecule has 0 heterocycles. The molecule has 0 saturated carbocycles. The summed E-state index contributed by atoms with van der Waals surface area (Å²) in [6.07, 6.45) is 4.23. The highest BCUT2D eigenvalue weighted by molar-refractivity contribution is 6.38. The van der Waals surface area contributed by atoms with Gasteiger partial charge in [0.1, 0.15) is 4.87 Å². The Kier molecular flexibility index (Phi) is 9.83. The van der Waals surface area contributed by atoms with Gasteiger partial charge in [0.05, 0.1) is 4.87 Å². The van der Waals surface area contributed by atoms with Crippen LogP contribution in [0.15, 0.2) is 48.6 Å². The molecule has 0 nitrogen and oxygen atoms in total. The van der Waals surface area contributed by atoms with Crippen LogP contribution in [0.25, 0.3) is 0 Å². The average molecular weight is 403 g/mol. The Bertz CT molecular complexity index is 679. The summed E-state index contributed by atoms with van der Waals surface area (Å²) in [5, 5.41) is 0. The molecule has 0 spiro atoms. The zero-order valence-electron chi connectivity index (χ0n) is 16.6. The molecule has 146 valence electrons. The van der Waals surface area contributed by atoms with Crippen molar-refractivity contribution in [3.05, 3.63) is 71.4 Å². The van der Waals surface area contributed by atoms with E-state index in [0.717, 1.165) is 17.2 Å². The molecule has 0 fully saturated rings. The van der Waals surface area contributed by atoms with Crippen molar-refractivity contribution in [2.45, 2.75) is 64.1 Å². The molecule has 4 heteroatoms. The molecule has 0 amide bonds. The molecule has 0 saturated heterocycles. The third kappa shape index (κ3) is 3.92. The molecule has 2 unspecified atom stereocenters. The first kappa shape index (κ1) is 24.9. The Labute approximate surface area is 167 Å². The van der Waals surface area contributed by atoms with Gasteiger partial charge in [0.2, 0.25) is 0 Å². The first-order valence-electron chi connectivity index (χ1n) is 9.01. The minimum Gasteiger partial charge on any atom is -0.204 e. The van der Waals surface area contributed by atoms with Gasteiger partial charge in [0.15, 0.2) is 11.6 Å². The highest BCUT2D eigenvalue weighted by atomic mass is 35.5. The highest BCUT2D eigenvalue weighted by Crippen LogP contribution is 2.64. The van der Waals surface area contributed by atoms with Gasteiger partial charge in [-0.25, -0.2) is 8.78 Å². The number of hydrogen-bond donors (Lipinski definition) is 0. The van der Waals surface area contributed by atoms with Crippen molar-refractivity contribution in [3.8, 4) is 0 Å². The first-order chi connectivity index (χ1) is 12.3. The lowest BCUT2D eigenvalue weighted by Crippen LogP contribution is -2.36. The predicted octanol–water partition coefficient (Wildman–Crippen LogP) is 8.08. The van der Waals surface area contributed by atoms with Crippen LogP contribution >= 0.6 is 23.2 Å². The fourth-order valence-corrected chi connectivity index (χ4v) is 4.29. The largest absolute Gasteiger partial charge is 0.204 e. The third-order valence-electron chi connectivity index (χ3n) is 4.36. The van der Waals surface area contributed by atoms with Crippen LogP contribution in [0.1, 0.15) is 59.1 Å². The second-order valence-corrected chi connectivity index (χ2v) is 6.92. The van der Waals surface area contributed by atoms with Crippen molar-refractivity contribution < 1.29 is 8.78 Å². The van der Waals surface area contributed by atoms with E-state index in [1.807, 2.05) is 41.5 Å². The van der Waals surface area contributed by atoms with Crippen molar-refractivity contribution in [3.63, 3.8) is 0 Å². The van der Waals surface area contributed by atoms with Crippen LogP contribution < -0.4 is 0 Å². The zero-order chi connectivity index (χ0) is 20.7. The first-order valence-corrected chi connectivity index (χ1v) is 9.77. The SMILES string of the molecule is C=CC.C=CC1=C(C)C2(Cl)c3ccc(F)c(F)c3CC2(Cl)C1.CC.CC. The van der Waals surface area contributed by atoms with E-state index in [-0.39, 0.29) is 6.42 Å². The molecule has 2 aliphatic rings. The van der Waals surface area contributed by atoms with Gasteiger partial charge < -0.3 is 0 Å². The molecule has 0 aliphatic heterocycles. The van der Waals surface area contributed by atoms with Crippen molar-refractivity contribution in [1.82, 2.24) is 0 Å². The van der Waals surface area contributed by atoms with Crippen LogP contribution in [0, 0.1) is 11.6 Å². The summed E-state index contributed by atoms with van der Waals surface area (Å²) in [6.45, 7) is 18.9. The Morgan fingerprint density at radius 1 is 1.04 bits per heavy atom. The van der Waals surface area contributed by atoms with E-state index in [4.69, 9.17) is 23.2 Å². The number of alkyl halides is 2. The summed E-state index contributed by atoms with van der Waals surface area (Å²) < 4.78 is 27.3. The Balaban J connectivity index is 0.000000793. The monoisotopic (exact) mass is 402 g/mol. The number of benzene rings is 1. The van der Waals surface area contributed by atoms with E-state index in [2.05, 4.69) is 13.2 Å². The van der Waals surface area contributed by atoms with Crippen LogP contribution in [0.2, 0.25) is 0 Å². The summed E-state index contributed by atoms with van der Waals surface area (Å²) in [4.78, 5) is -1.80. The standard InChI is InChI=1S/C15H12Cl2F2.C3H6.2C2H6/c1-3-9-6-14(16)7-10-11(15(14,17)8(9)2)4-5-12(18)13(10)19;1-3-2;2*1-2/h3-5H,1,6-7H2,2H3;3H,1H2,2H3;2*1-2H3. The lowest BCUT2D eigenvalue weighted by atomic mass is 9.89. The quantitative estimate of drug-likeness (QED) is 0.328. The number of hydrogen-bond acceptors (Lipinski definition) is 0. The number of allylic oxidation sites excluding steroid dienone is 4. The Morgan fingerprint density at radius 2 is 1.54 bits per heavy atom. The van der Waals surface area contributed by atoms with Crippen LogP contribution in [0.4, 0.5) is 8.78 Å². The number of halogens is 4. The molecule has 1 aromatic carbocycles. The molecular weight excluding hydrogens is 373 g/mol. The molecular formula is C22H30Cl2F2. The molecule has 0 bridgehead atoms. The molecule has 0 N–H and O–H groups in total. The molecule has 1 aromatic rings. The van der Waals surface area contributed by atoms with E-state index < -0.39 is 21.4 Å². The Hall–Kier alpha value is -1.12. The van der Waals surface area contributed by atoms with Crippen molar-refractivity contribution in [2.75, 3.05) is 0 Å². The minimum atomic E-state index is -0.970. The van der Waals surface area contributed by atoms with E-state index >= 15 is 0 Å². The van der Waals surface area contributed by atoms with Gasteiger partial charge in [0.25, 0.3) is 0 Å². The molecule has 26 heavy (non-hydrogen) atoms. The summed E-state index contributed by atoms with van der Waals surface area (Å²) in [7, 11) is 0. The Morgan fingerprint density at radius 3 is 2.00 bits per heavy atom. The fourth-order valence-electron chi connectivity index (χ4n) is 3.33. The number of rotatable bonds is 1. The molecule has 0 aromatic heterocycles. The van der Waals surface area contributed by atoms with E-state index in [9.17, 15) is 8.78 Å². The smallest absolute Gasteiger partial charge is 0.162 e. The lowest BCUT2D eigenvalue weighted by molar-refractivity contribution is 0.494. The fraction of sp³-hybridized carbons (Fsp3) is 0.455. The summed E-state index contributed by atoms with van der Waals surface area (Å²) in [5.41, 5.74) is 2.74. The highest BCUT2D eigenvalue weighted by Gasteiger charge is 2.61. The van der Waals surface area contributed by atoms with Crippen LogP contribution in [0.5, 0.6) is 0 Å². The van der Waals surface area contributed by atoms with Gasteiger partial charge in [0, 0.05) is 0 Å². The maximum atomic E-state index is 13.9. The molecule has 0 radical (unpaired) electrons. The van der Waals surface area contributed by atoms with Gasteiger partial charge >= 0.3 is 0 Å². The van der Waals surface area contributed by atoms with Crippen LogP contribution in [-0.4, -0.2) is 4.87 Å². The van der Waals surface area contributed by atoms with Crippen LogP contribution in [-0.2, 0) is 11.3 Å². The predicted molar refractivity (Wildman–Crippen MR) is 112 cm³/mol. The third-order valence-corrected chi connectivity index (χ3v) is 5.85. The van der Waals surface area contributed by atoms with Crippen LogP contribution in [0.3, 0.4) is 0 Å². The normalized spacial score (nSPS) is 24.7. The maximum absolute atomic E-state index is 13.9. The molecule has 3 rings (SSSR count). The topological polar surface area (TPSA) is 0 Å². The summed E-state index contributed by atoms with van der Waals surface area (Å²) in [6, 6.07) is 2.65. The zero-order valence-corrected chi connectivity index (χ0v) is 18.2. The van der Waals surface area contributed by atoms with Gasteiger partial charge in [-0.3, -0.25) is 0 Å². The van der Waals surface area contributed by atoms with Crippen molar-refractivity contribution in [2.24, 2.45) is 0 Å². The van der Waals surface area contributed by atoms with Gasteiger partial charge in [-0.2, -0.15) is 0 Å². The summed E-state index contributed by atoms with van der Waals surface area (Å²) in [5.74, 6) is -1.69. The van der Waals surface area contributed by atoms with Gasteiger partial charge in [-0.05, 0) is 55.0 Å². The second-order valence-electron chi connectivity index (χ2n) is 5.63. The van der Waals surface area contributed by atoms with Gasteiger partial charge in [-0.1, -0.05) is 52.5 Å². The molecule has 2 aliphatic carbocycles. The lowest BCUT2D eigenvalue weighted by Gasteiger charge is -2.32.